The maximum Gasteiger partial charge on any atom is 0.177 e. The predicted octanol–water partition coefficient (Wildman–Crippen LogP) is 3.54. The van der Waals surface area contributed by atoms with Gasteiger partial charge in [0.15, 0.2) is 11.4 Å². The molecule has 1 N–H and O–H groups in total. The minimum absolute atomic E-state index is 0. The first kappa shape index (κ1) is 16.4. The van der Waals surface area contributed by atoms with Crippen molar-refractivity contribution in [2.75, 3.05) is 25.0 Å². The molecule has 0 saturated carbocycles. The molecule has 3 aliphatic rings. The summed E-state index contributed by atoms with van der Waals surface area (Å²) in [6.07, 6.45) is 2.74. The lowest BCUT2D eigenvalue weighted by Gasteiger charge is -2.44. The van der Waals surface area contributed by atoms with Crippen molar-refractivity contribution in [2.24, 2.45) is 5.92 Å². The third-order valence-electron chi connectivity index (χ3n) is 4.79. The molecule has 2 aromatic rings. The summed E-state index contributed by atoms with van der Waals surface area (Å²) in [5.41, 5.74) is 0.780. The molecule has 126 valence electrons. The Morgan fingerprint density at radius 1 is 1.30 bits per heavy atom. The van der Waals surface area contributed by atoms with Gasteiger partial charge in [-0.25, -0.2) is 0 Å². The summed E-state index contributed by atoms with van der Waals surface area (Å²) in [5, 5.41) is 8.88. The van der Waals surface area contributed by atoms with Crippen molar-refractivity contribution in [3.8, 4) is 5.75 Å². The molecule has 3 fully saturated rings. The van der Waals surface area contributed by atoms with Gasteiger partial charge in [0, 0.05) is 18.7 Å². The van der Waals surface area contributed by atoms with Crippen molar-refractivity contribution in [2.45, 2.75) is 38.8 Å². The number of ether oxygens (including phenoxy) is 1. The van der Waals surface area contributed by atoms with Gasteiger partial charge in [-0.1, -0.05) is 5.16 Å². The average molecular weight is 338 g/mol. The fraction of sp³-hybridized carbons (Fsp3) is 0.588. The molecule has 0 aliphatic carbocycles. The maximum atomic E-state index is 5.71. The number of anilines is 1. The molecule has 0 amide bonds. The Balaban J connectivity index is 0.00000156. The van der Waals surface area contributed by atoms with Gasteiger partial charge >= 0.3 is 0 Å². The van der Waals surface area contributed by atoms with Gasteiger partial charge in [0.05, 0.1) is 11.5 Å². The molecule has 4 heterocycles. The number of hydrogen-bond donors (Lipinski definition) is 1. The third kappa shape index (κ3) is 3.26. The molecule has 2 bridgehead atoms. The fourth-order valence-corrected chi connectivity index (χ4v) is 3.67. The molecule has 3 aliphatic heterocycles. The standard InChI is InChI=1S/C17H23N3O2.ClH/c1-11(2)21-13-3-4-14-16(9-13)22-19-17(14)18-15-10-20-7-5-12(15)6-8-20;/h3-4,9,11-12,15H,5-8,10H2,1-2H3,(H,18,19);1H. The van der Waals surface area contributed by atoms with Crippen LogP contribution in [0.3, 0.4) is 0 Å². The number of benzene rings is 1. The van der Waals surface area contributed by atoms with Crippen molar-refractivity contribution < 1.29 is 9.26 Å². The molecule has 0 spiro atoms. The summed E-state index contributed by atoms with van der Waals surface area (Å²) in [4.78, 5) is 2.54. The lowest BCUT2D eigenvalue weighted by molar-refractivity contribution is 0.0973. The summed E-state index contributed by atoms with van der Waals surface area (Å²) >= 11 is 0. The Kier molecular flexibility index (Phi) is 4.69. The van der Waals surface area contributed by atoms with Crippen LogP contribution >= 0.6 is 12.4 Å². The molecule has 3 saturated heterocycles. The van der Waals surface area contributed by atoms with E-state index in [1.165, 1.54) is 25.9 Å². The quantitative estimate of drug-likeness (QED) is 0.924. The number of hydrogen-bond acceptors (Lipinski definition) is 5. The number of rotatable bonds is 4. The van der Waals surface area contributed by atoms with Gasteiger partial charge in [-0.3, -0.25) is 0 Å². The Labute approximate surface area is 142 Å². The van der Waals surface area contributed by atoms with Crippen molar-refractivity contribution in [1.82, 2.24) is 10.1 Å². The molecular weight excluding hydrogens is 314 g/mol. The van der Waals surface area contributed by atoms with Gasteiger partial charge in [-0.15, -0.1) is 12.4 Å². The SMILES string of the molecule is CC(C)Oc1ccc2c(NC3CN4CCC3CC4)noc2c1.Cl. The molecule has 5 rings (SSSR count). The predicted molar refractivity (Wildman–Crippen MR) is 93.6 cm³/mol. The highest BCUT2D eigenvalue weighted by atomic mass is 35.5. The number of halogens is 1. The van der Waals surface area contributed by atoms with E-state index >= 15 is 0 Å². The smallest absolute Gasteiger partial charge is 0.177 e. The van der Waals surface area contributed by atoms with E-state index < -0.39 is 0 Å². The van der Waals surface area contributed by atoms with Gasteiger partial charge < -0.3 is 19.5 Å². The molecule has 23 heavy (non-hydrogen) atoms. The van der Waals surface area contributed by atoms with Crippen LogP contribution in [-0.2, 0) is 0 Å². The summed E-state index contributed by atoms with van der Waals surface area (Å²) in [7, 11) is 0. The van der Waals surface area contributed by atoms with E-state index in [0.29, 0.717) is 6.04 Å². The Morgan fingerprint density at radius 2 is 2.09 bits per heavy atom. The van der Waals surface area contributed by atoms with Crippen LogP contribution in [0.25, 0.3) is 11.0 Å². The molecule has 1 aromatic carbocycles. The first-order valence-electron chi connectivity index (χ1n) is 8.24. The number of fused-ring (bicyclic) bond motifs is 4. The van der Waals surface area contributed by atoms with Crippen molar-refractivity contribution >= 4 is 29.2 Å². The van der Waals surface area contributed by atoms with Crippen LogP contribution in [0.15, 0.2) is 22.7 Å². The second-order valence-electron chi connectivity index (χ2n) is 6.74. The minimum Gasteiger partial charge on any atom is -0.491 e. The minimum atomic E-state index is 0. The Bertz CT molecular complexity index is 665. The average Bonchev–Trinajstić information content (AvgIpc) is 2.90. The van der Waals surface area contributed by atoms with E-state index in [1.54, 1.807) is 0 Å². The number of nitrogens with one attached hydrogen (secondary N) is 1. The zero-order valence-corrected chi connectivity index (χ0v) is 14.4. The van der Waals surface area contributed by atoms with Crippen LogP contribution in [0.2, 0.25) is 0 Å². The lowest BCUT2D eigenvalue weighted by Crippen LogP contribution is -2.53. The molecule has 0 radical (unpaired) electrons. The largest absolute Gasteiger partial charge is 0.491 e. The van der Waals surface area contributed by atoms with Gasteiger partial charge in [-0.05, 0) is 57.8 Å². The van der Waals surface area contributed by atoms with E-state index in [-0.39, 0.29) is 18.5 Å². The first-order valence-corrected chi connectivity index (χ1v) is 8.24. The van der Waals surface area contributed by atoms with Crippen LogP contribution < -0.4 is 10.1 Å². The highest BCUT2D eigenvalue weighted by Gasteiger charge is 2.34. The zero-order chi connectivity index (χ0) is 15.1. The zero-order valence-electron chi connectivity index (χ0n) is 13.6. The van der Waals surface area contributed by atoms with E-state index in [4.69, 9.17) is 9.26 Å². The molecule has 5 nitrogen and oxygen atoms in total. The van der Waals surface area contributed by atoms with Crippen molar-refractivity contribution in [3.63, 3.8) is 0 Å². The number of aromatic nitrogens is 1. The van der Waals surface area contributed by atoms with Crippen LogP contribution in [0.5, 0.6) is 5.75 Å². The summed E-state index contributed by atoms with van der Waals surface area (Å²) in [5.74, 6) is 2.46. The van der Waals surface area contributed by atoms with Crippen LogP contribution in [0.4, 0.5) is 5.82 Å². The summed E-state index contributed by atoms with van der Waals surface area (Å²) < 4.78 is 11.2. The highest BCUT2D eigenvalue weighted by Crippen LogP contribution is 2.32. The van der Waals surface area contributed by atoms with Crippen LogP contribution in [0, 0.1) is 5.92 Å². The Morgan fingerprint density at radius 3 is 2.74 bits per heavy atom. The molecular formula is C17H24ClN3O2. The number of nitrogens with zero attached hydrogens (tertiary/aromatic N) is 2. The van der Waals surface area contributed by atoms with E-state index in [2.05, 4.69) is 15.4 Å². The van der Waals surface area contributed by atoms with E-state index in [0.717, 1.165) is 35.0 Å². The van der Waals surface area contributed by atoms with E-state index in [9.17, 15) is 0 Å². The molecule has 6 heteroatoms. The second-order valence-corrected chi connectivity index (χ2v) is 6.74. The topological polar surface area (TPSA) is 50.5 Å². The number of piperidine rings is 3. The van der Waals surface area contributed by atoms with Crippen LogP contribution in [-0.4, -0.2) is 41.8 Å². The fourth-order valence-electron chi connectivity index (χ4n) is 3.67. The van der Waals surface area contributed by atoms with Crippen molar-refractivity contribution in [3.05, 3.63) is 18.2 Å². The van der Waals surface area contributed by atoms with Gasteiger partial charge in [0.2, 0.25) is 0 Å². The first-order chi connectivity index (χ1) is 10.7. The molecule has 1 atom stereocenters. The summed E-state index contributed by atoms with van der Waals surface area (Å²) in [6, 6.07) is 6.43. The highest BCUT2D eigenvalue weighted by molar-refractivity contribution is 5.89. The Hall–Kier alpha value is -1.46. The monoisotopic (exact) mass is 337 g/mol. The van der Waals surface area contributed by atoms with Gasteiger partial charge in [-0.2, -0.15) is 0 Å². The molecule has 1 aromatic heterocycles. The van der Waals surface area contributed by atoms with Crippen LogP contribution in [0.1, 0.15) is 26.7 Å². The lowest BCUT2D eigenvalue weighted by atomic mass is 9.84. The normalized spacial score (nSPS) is 26.3. The maximum absolute atomic E-state index is 5.71. The summed E-state index contributed by atoms with van der Waals surface area (Å²) in [6.45, 7) is 7.65. The van der Waals surface area contributed by atoms with Crippen molar-refractivity contribution in [1.29, 1.82) is 0 Å². The molecule has 1 unspecified atom stereocenters. The van der Waals surface area contributed by atoms with Gasteiger partial charge in [0.25, 0.3) is 0 Å². The van der Waals surface area contributed by atoms with E-state index in [1.807, 2.05) is 32.0 Å². The third-order valence-corrected chi connectivity index (χ3v) is 4.79. The van der Waals surface area contributed by atoms with Gasteiger partial charge in [0.1, 0.15) is 5.75 Å². The second kappa shape index (κ2) is 6.57.